The zero-order valence-corrected chi connectivity index (χ0v) is 16.1. The van der Waals surface area contributed by atoms with Crippen LogP contribution >= 0.6 is 0 Å². The molecular weight excluding hydrogens is 369 g/mol. The van der Waals surface area contributed by atoms with Gasteiger partial charge in [0, 0.05) is 43.8 Å². The fourth-order valence-corrected chi connectivity index (χ4v) is 3.61. The average Bonchev–Trinajstić information content (AvgIpc) is 3.28. The van der Waals surface area contributed by atoms with Crippen LogP contribution in [0.5, 0.6) is 0 Å². The molecule has 1 fully saturated rings. The lowest BCUT2D eigenvalue weighted by atomic mass is 10.0. The Labute approximate surface area is 169 Å². The van der Waals surface area contributed by atoms with Crippen LogP contribution in [0.2, 0.25) is 0 Å². The number of carbonyl (C=O) groups excluding carboxylic acids is 1. The number of nitrogens with zero attached hydrogens (tertiary/aromatic N) is 3. The molecule has 1 aliphatic heterocycles. The molecule has 0 spiro atoms. The third-order valence-corrected chi connectivity index (χ3v) is 5.20. The van der Waals surface area contributed by atoms with Gasteiger partial charge in [-0.3, -0.25) is 0 Å². The first kappa shape index (κ1) is 19.0. The van der Waals surface area contributed by atoms with Gasteiger partial charge in [0.15, 0.2) is 0 Å². The standard InChI is InChI=1S/C22H24FN5O/c23-20-14-17(6-7-21(20)28-13-10-24-16-28)15-25-22(29)26-18-8-11-27(12-9-18)19-4-2-1-3-5-19/h1-7,10,13-14,16,18H,8-9,11-12,15H2,(H2,25,26,29). The molecule has 29 heavy (non-hydrogen) atoms. The van der Waals surface area contributed by atoms with Crippen LogP contribution in [0, 0.1) is 5.82 Å². The van der Waals surface area contributed by atoms with E-state index in [1.54, 1.807) is 35.4 Å². The minimum atomic E-state index is -0.351. The van der Waals surface area contributed by atoms with E-state index in [1.807, 2.05) is 18.2 Å². The van der Waals surface area contributed by atoms with Crippen molar-refractivity contribution in [3.63, 3.8) is 0 Å². The zero-order chi connectivity index (χ0) is 20.1. The predicted octanol–water partition coefficient (Wildman–Crippen LogP) is 3.48. The van der Waals surface area contributed by atoms with Gasteiger partial charge in [0.1, 0.15) is 5.82 Å². The van der Waals surface area contributed by atoms with E-state index in [4.69, 9.17) is 0 Å². The van der Waals surface area contributed by atoms with Gasteiger partial charge in [-0.2, -0.15) is 0 Å². The number of rotatable bonds is 5. The lowest BCUT2D eigenvalue weighted by Gasteiger charge is -2.34. The number of halogens is 1. The van der Waals surface area contributed by atoms with Crippen molar-refractivity contribution in [2.45, 2.75) is 25.4 Å². The van der Waals surface area contributed by atoms with Crippen molar-refractivity contribution in [2.24, 2.45) is 0 Å². The fourth-order valence-electron chi connectivity index (χ4n) is 3.61. The van der Waals surface area contributed by atoms with Crippen molar-refractivity contribution in [2.75, 3.05) is 18.0 Å². The number of aromatic nitrogens is 2. The number of hydrogen-bond donors (Lipinski definition) is 2. The van der Waals surface area contributed by atoms with Crippen LogP contribution in [-0.4, -0.2) is 34.7 Å². The monoisotopic (exact) mass is 393 g/mol. The number of urea groups is 1. The Bertz CT molecular complexity index is 937. The molecule has 0 atom stereocenters. The minimum absolute atomic E-state index is 0.148. The number of hydrogen-bond acceptors (Lipinski definition) is 3. The quantitative estimate of drug-likeness (QED) is 0.698. The van der Waals surface area contributed by atoms with Gasteiger partial charge in [-0.05, 0) is 42.7 Å². The summed E-state index contributed by atoms with van der Waals surface area (Å²) in [4.78, 5) is 18.5. The normalized spacial score (nSPS) is 14.6. The molecule has 0 aliphatic carbocycles. The van der Waals surface area contributed by atoms with Gasteiger partial charge in [-0.15, -0.1) is 0 Å². The van der Waals surface area contributed by atoms with Gasteiger partial charge in [0.2, 0.25) is 0 Å². The molecule has 2 amide bonds. The molecule has 6 nitrogen and oxygen atoms in total. The molecule has 1 saturated heterocycles. The topological polar surface area (TPSA) is 62.2 Å². The number of piperidine rings is 1. The van der Waals surface area contributed by atoms with E-state index in [2.05, 4.69) is 32.7 Å². The summed E-state index contributed by atoms with van der Waals surface area (Å²) in [5.41, 5.74) is 2.36. The summed E-state index contributed by atoms with van der Waals surface area (Å²) in [6.07, 6.45) is 6.64. The van der Waals surface area contributed by atoms with Crippen LogP contribution in [0.3, 0.4) is 0 Å². The van der Waals surface area contributed by atoms with Crippen molar-refractivity contribution in [3.05, 3.63) is 78.6 Å². The van der Waals surface area contributed by atoms with Crippen LogP contribution in [0.1, 0.15) is 18.4 Å². The highest BCUT2D eigenvalue weighted by Gasteiger charge is 2.20. The number of anilines is 1. The molecule has 150 valence electrons. The molecule has 3 aromatic rings. The fraction of sp³-hybridized carbons (Fsp3) is 0.273. The van der Waals surface area contributed by atoms with E-state index in [1.165, 1.54) is 11.8 Å². The summed E-state index contributed by atoms with van der Waals surface area (Å²) >= 11 is 0. The Morgan fingerprint density at radius 2 is 1.93 bits per heavy atom. The maximum Gasteiger partial charge on any atom is 0.315 e. The number of carbonyl (C=O) groups is 1. The van der Waals surface area contributed by atoms with E-state index in [-0.39, 0.29) is 24.4 Å². The highest BCUT2D eigenvalue weighted by Crippen LogP contribution is 2.19. The van der Waals surface area contributed by atoms with E-state index in [9.17, 15) is 9.18 Å². The van der Waals surface area contributed by atoms with E-state index in [0.717, 1.165) is 25.9 Å². The van der Waals surface area contributed by atoms with Crippen LogP contribution in [0.25, 0.3) is 5.69 Å². The average molecular weight is 393 g/mol. The minimum Gasteiger partial charge on any atom is -0.371 e. The van der Waals surface area contributed by atoms with Gasteiger partial charge in [0.05, 0.1) is 12.0 Å². The molecule has 0 unspecified atom stereocenters. The Morgan fingerprint density at radius 1 is 1.14 bits per heavy atom. The lowest BCUT2D eigenvalue weighted by molar-refractivity contribution is 0.234. The molecule has 1 aromatic heterocycles. The summed E-state index contributed by atoms with van der Waals surface area (Å²) in [7, 11) is 0. The van der Waals surface area contributed by atoms with Gasteiger partial charge in [0.25, 0.3) is 0 Å². The Kier molecular flexibility index (Phi) is 5.74. The highest BCUT2D eigenvalue weighted by atomic mass is 19.1. The molecule has 0 radical (unpaired) electrons. The Morgan fingerprint density at radius 3 is 2.62 bits per heavy atom. The summed E-state index contributed by atoms with van der Waals surface area (Å²) in [5, 5.41) is 5.85. The Balaban J connectivity index is 1.24. The predicted molar refractivity (Wildman–Crippen MR) is 111 cm³/mol. The summed E-state index contributed by atoms with van der Waals surface area (Å²) in [5.74, 6) is -0.351. The second kappa shape index (κ2) is 8.77. The molecule has 2 N–H and O–H groups in total. The Hall–Kier alpha value is -3.35. The molecule has 0 bridgehead atoms. The maximum absolute atomic E-state index is 14.3. The van der Waals surface area contributed by atoms with Crippen molar-refractivity contribution >= 4 is 11.7 Å². The number of benzene rings is 2. The highest BCUT2D eigenvalue weighted by molar-refractivity contribution is 5.74. The third kappa shape index (κ3) is 4.74. The molecule has 2 heterocycles. The summed E-state index contributed by atoms with van der Waals surface area (Å²) < 4.78 is 15.9. The summed E-state index contributed by atoms with van der Waals surface area (Å²) in [6, 6.07) is 15.2. The third-order valence-electron chi connectivity index (χ3n) is 5.20. The zero-order valence-electron chi connectivity index (χ0n) is 16.1. The van der Waals surface area contributed by atoms with Gasteiger partial charge < -0.3 is 20.1 Å². The van der Waals surface area contributed by atoms with Gasteiger partial charge >= 0.3 is 6.03 Å². The molecule has 4 rings (SSSR count). The SMILES string of the molecule is O=C(NCc1ccc(-n2ccnc2)c(F)c1)NC1CCN(c2ccccc2)CC1. The second-order valence-electron chi connectivity index (χ2n) is 7.18. The van der Waals surface area contributed by atoms with Crippen LogP contribution < -0.4 is 15.5 Å². The van der Waals surface area contributed by atoms with Gasteiger partial charge in [-0.25, -0.2) is 14.2 Å². The molecule has 7 heteroatoms. The number of para-hydroxylation sites is 1. The first-order valence-electron chi connectivity index (χ1n) is 9.80. The molecule has 1 aliphatic rings. The van der Waals surface area contributed by atoms with Crippen LogP contribution in [0.15, 0.2) is 67.3 Å². The lowest BCUT2D eigenvalue weighted by Crippen LogP contribution is -2.47. The first-order chi connectivity index (χ1) is 14.2. The van der Waals surface area contributed by atoms with Crippen LogP contribution in [-0.2, 0) is 6.54 Å². The van der Waals surface area contributed by atoms with Gasteiger partial charge in [-0.1, -0.05) is 24.3 Å². The van der Waals surface area contributed by atoms with E-state index >= 15 is 0 Å². The van der Waals surface area contributed by atoms with Crippen molar-refractivity contribution < 1.29 is 9.18 Å². The molecular formula is C22H24FN5O. The smallest absolute Gasteiger partial charge is 0.315 e. The number of nitrogens with one attached hydrogen (secondary N) is 2. The van der Waals surface area contributed by atoms with E-state index in [0.29, 0.717) is 11.3 Å². The second-order valence-corrected chi connectivity index (χ2v) is 7.18. The van der Waals surface area contributed by atoms with E-state index < -0.39 is 0 Å². The van der Waals surface area contributed by atoms with Crippen molar-refractivity contribution in [3.8, 4) is 5.69 Å². The number of amides is 2. The summed E-state index contributed by atoms with van der Waals surface area (Å²) in [6.45, 7) is 2.10. The van der Waals surface area contributed by atoms with Crippen LogP contribution in [0.4, 0.5) is 14.9 Å². The van der Waals surface area contributed by atoms with Crippen molar-refractivity contribution in [1.82, 2.24) is 20.2 Å². The number of imidazole rings is 1. The largest absolute Gasteiger partial charge is 0.371 e. The molecule has 2 aromatic carbocycles. The maximum atomic E-state index is 14.3. The first-order valence-corrected chi connectivity index (χ1v) is 9.80. The van der Waals surface area contributed by atoms with Crippen molar-refractivity contribution in [1.29, 1.82) is 0 Å². The molecule has 0 saturated carbocycles.